The van der Waals surface area contributed by atoms with E-state index in [9.17, 15) is 30.1 Å². The maximum absolute atomic E-state index is 11.2. The number of aliphatic hydroxyl groups excluding tert-OH is 1. The number of nitro benzene ring substituents is 2. The summed E-state index contributed by atoms with van der Waals surface area (Å²) in [6, 6.07) is 9.33. The summed E-state index contributed by atoms with van der Waals surface area (Å²) in [5, 5.41) is 39.0. The summed E-state index contributed by atoms with van der Waals surface area (Å²) >= 11 is 0. The summed E-state index contributed by atoms with van der Waals surface area (Å²) in [5.74, 6) is -0.746. The zero-order valence-electron chi connectivity index (χ0n) is 14.0. The molecule has 0 aliphatic rings. The van der Waals surface area contributed by atoms with Crippen LogP contribution in [-0.4, -0.2) is 34.1 Å². The normalized spacial score (nSPS) is 11.9. The molecule has 0 amide bonds. The SMILES string of the molecule is COC(=O)C(O)Cc1ccc(N=Nc2ccc([N+](=O)[O-])cc2[N+](=O)[O-])cc1. The number of nitro groups is 2. The number of aliphatic hydroxyl groups is 1. The molecule has 1 N–H and O–H groups in total. The number of hydrogen-bond donors (Lipinski definition) is 1. The summed E-state index contributed by atoms with van der Waals surface area (Å²) in [7, 11) is 1.17. The van der Waals surface area contributed by atoms with Crippen LogP contribution in [0.4, 0.5) is 22.7 Å². The van der Waals surface area contributed by atoms with Gasteiger partial charge in [-0.25, -0.2) is 4.79 Å². The molecule has 0 saturated heterocycles. The Balaban J connectivity index is 2.17. The van der Waals surface area contributed by atoms with Crippen molar-refractivity contribution in [1.82, 2.24) is 0 Å². The molecule has 0 spiro atoms. The lowest BCUT2D eigenvalue weighted by Crippen LogP contribution is -2.23. The van der Waals surface area contributed by atoms with E-state index in [0.29, 0.717) is 11.3 Å². The zero-order valence-corrected chi connectivity index (χ0v) is 14.0. The highest BCUT2D eigenvalue weighted by molar-refractivity contribution is 5.74. The van der Waals surface area contributed by atoms with Gasteiger partial charge in [-0.1, -0.05) is 12.1 Å². The van der Waals surface area contributed by atoms with Crippen LogP contribution in [0, 0.1) is 20.2 Å². The summed E-state index contributed by atoms with van der Waals surface area (Å²) in [6.45, 7) is 0. The lowest BCUT2D eigenvalue weighted by molar-refractivity contribution is -0.393. The number of non-ortho nitro benzene ring substituents is 1. The lowest BCUT2D eigenvalue weighted by atomic mass is 10.1. The molecular formula is C16H14N4O7. The van der Waals surface area contributed by atoms with Gasteiger partial charge in [0, 0.05) is 12.5 Å². The van der Waals surface area contributed by atoms with E-state index in [1.807, 2.05) is 0 Å². The second-order valence-corrected chi connectivity index (χ2v) is 5.30. The number of esters is 1. The molecule has 11 heteroatoms. The molecule has 1 unspecified atom stereocenters. The molecule has 27 heavy (non-hydrogen) atoms. The molecule has 0 aliphatic carbocycles. The summed E-state index contributed by atoms with van der Waals surface area (Å²) in [4.78, 5) is 31.4. The van der Waals surface area contributed by atoms with Crippen molar-refractivity contribution in [1.29, 1.82) is 0 Å². The second kappa shape index (κ2) is 8.58. The molecule has 0 fully saturated rings. The molecule has 2 aromatic carbocycles. The molecule has 1 atom stereocenters. The Morgan fingerprint density at radius 1 is 1.11 bits per heavy atom. The molecule has 0 heterocycles. The average molecular weight is 374 g/mol. The van der Waals surface area contributed by atoms with Crippen LogP contribution in [0.25, 0.3) is 0 Å². The minimum Gasteiger partial charge on any atom is -0.467 e. The van der Waals surface area contributed by atoms with Gasteiger partial charge >= 0.3 is 11.7 Å². The second-order valence-electron chi connectivity index (χ2n) is 5.30. The van der Waals surface area contributed by atoms with Gasteiger partial charge in [0.1, 0.15) is 0 Å². The molecule has 0 saturated carbocycles. The van der Waals surface area contributed by atoms with Crippen molar-refractivity contribution in [3.05, 3.63) is 68.3 Å². The fraction of sp³-hybridized carbons (Fsp3) is 0.188. The highest BCUT2D eigenvalue weighted by Gasteiger charge is 2.19. The van der Waals surface area contributed by atoms with Crippen LogP contribution in [0.2, 0.25) is 0 Å². The standard InChI is InChI=1S/C16H14N4O7/c1-27-16(22)15(21)8-10-2-4-11(5-3-10)17-18-13-7-6-12(19(23)24)9-14(13)20(25)26/h2-7,9,15,21H,8H2,1H3. The quantitative estimate of drug-likeness (QED) is 0.337. The predicted octanol–water partition coefficient (Wildman–Crippen LogP) is 2.99. The van der Waals surface area contributed by atoms with Gasteiger partial charge in [0.25, 0.3) is 5.69 Å². The third-order valence-corrected chi connectivity index (χ3v) is 3.48. The van der Waals surface area contributed by atoms with Gasteiger partial charge in [-0.15, -0.1) is 5.11 Å². The third-order valence-electron chi connectivity index (χ3n) is 3.48. The van der Waals surface area contributed by atoms with Crippen molar-refractivity contribution in [2.45, 2.75) is 12.5 Å². The first-order valence-electron chi connectivity index (χ1n) is 7.51. The first-order valence-corrected chi connectivity index (χ1v) is 7.51. The maximum atomic E-state index is 11.2. The summed E-state index contributed by atoms with van der Waals surface area (Å²) < 4.78 is 4.43. The predicted molar refractivity (Wildman–Crippen MR) is 92.1 cm³/mol. The van der Waals surface area contributed by atoms with E-state index < -0.39 is 33.3 Å². The van der Waals surface area contributed by atoms with Gasteiger partial charge in [0.2, 0.25) is 0 Å². The Morgan fingerprint density at radius 3 is 2.33 bits per heavy atom. The first-order chi connectivity index (χ1) is 12.8. The zero-order chi connectivity index (χ0) is 20.0. The van der Waals surface area contributed by atoms with Gasteiger partial charge in [-0.2, -0.15) is 5.11 Å². The number of hydrogen-bond acceptors (Lipinski definition) is 9. The number of methoxy groups -OCH3 is 1. The number of benzene rings is 2. The van der Waals surface area contributed by atoms with E-state index in [1.165, 1.54) is 7.11 Å². The van der Waals surface area contributed by atoms with Crippen LogP contribution in [0.5, 0.6) is 0 Å². The Hall–Kier alpha value is -3.73. The van der Waals surface area contributed by atoms with E-state index in [2.05, 4.69) is 15.0 Å². The summed E-state index contributed by atoms with van der Waals surface area (Å²) in [6.07, 6.45) is -1.23. The lowest BCUT2D eigenvalue weighted by Gasteiger charge is -2.07. The van der Waals surface area contributed by atoms with Crippen molar-refractivity contribution in [2.24, 2.45) is 10.2 Å². The van der Waals surface area contributed by atoms with Gasteiger partial charge in [0.05, 0.1) is 28.7 Å². The molecular weight excluding hydrogens is 360 g/mol. The van der Waals surface area contributed by atoms with Gasteiger partial charge in [-0.05, 0) is 23.8 Å². The highest BCUT2D eigenvalue weighted by atomic mass is 16.6. The van der Waals surface area contributed by atoms with E-state index in [1.54, 1.807) is 24.3 Å². The topological polar surface area (TPSA) is 158 Å². The monoisotopic (exact) mass is 374 g/mol. The van der Waals surface area contributed by atoms with Crippen molar-refractivity contribution >= 4 is 28.7 Å². The number of carbonyl (C=O) groups is 1. The van der Waals surface area contributed by atoms with Crippen LogP contribution < -0.4 is 0 Å². The third kappa shape index (κ3) is 5.12. The summed E-state index contributed by atoms with van der Waals surface area (Å²) in [5.41, 5.74) is -0.0807. The van der Waals surface area contributed by atoms with Crippen LogP contribution >= 0.6 is 0 Å². The molecule has 0 aliphatic heterocycles. The minimum atomic E-state index is -1.29. The van der Waals surface area contributed by atoms with E-state index in [4.69, 9.17) is 0 Å². The van der Waals surface area contributed by atoms with Crippen molar-refractivity contribution in [3.8, 4) is 0 Å². The molecule has 0 aromatic heterocycles. The highest BCUT2D eigenvalue weighted by Crippen LogP contribution is 2.32. The molecule has 2 rings (SSSR count). The number of carbonyl (C=O) groups excluding carboxylic acids is 1. The average Bonchev–Trinajstić information content (AvgIpc) is 2.66. The van der Waals surface area contributed by atoms with Crippen LogP contribution in [0.1, 0.15) is 5.56 Å². The molecule has 140 valence electrons. The fourth-order valence-electron chi connectivity index (χ4n) is 2.11. The van der Waals surface area contributed by atoms with Gasteiger partial charge in [-0.3, -0.25) is 20.2 Å². The Labute approximate surface area is 152 Å². The van der Waals surface area contributed by atoms with Gasteiger partial charge < -0.3 is 9.84 Å². The fourth-order valence-corrected chi connectivity index (χ4v) is 2.11. The number of rotatable bonds is 7. The van der Waals surface area contributed by atoms with E-state index >= 15 is 0 Å². The minimum absolute atomic E-state index is 0.0535. The smallest absolute Gasteiger partial charge is 0.335 e. The number of azo groups is 1. The van der Waals surface area contributed by atoms with Crippen molar-refractivity contribution in [3.63, 3.8) is 0 Å². The Bertz CT molecular complexity index is 896. The van der Waals surface area contributed by atoms with E-state index in [0.717, 1.165) is 18.2 Å². The van der Waals surface area contributed by atoms with Crippen LogP contribution in [0.15, 0.2) is 52.7 Å². The maximum Gasteiger partial charge on any atom is 0.335 e. The Kier molecular flexibility index (Phi) is 6.23. The molecule has 0 bridgehead atoms. The molecule has 11 nitrogen and oxygen atoms in total. The van der Waals surface area contributed by atoms with Crippen LogP contribution in [-0.2, 0) is 16.0 Å². The largest absolute Gasteiger partial charge is 0.467 e. The Morgan fingerprint density at radius 2 is 1.78 bits per heavy atom. The van der Waals surface area contributed by atoms with Crippen LogP contribution in [0.3, 0.4) is 0 Å². The first kappa shape index (κ1) is 19.6. The number of nitrogens with zero attached hydrogens (tertiary/aromatic N) is 4. The van der Waals surface area contributed by atoms with Gasteiger partial charge in [0.15, 0.2) is 11.8 Å². The number of ether oxygens (including phenoxy) is 1. The molecule has 0 radical (unpaired) electrons. The van der Waals surface area contributed by atoms with E-state index in [-0.39, 0.29) is 12.1 Å². The molecule has 2 aromatic rings. The van der Waals surface area contributed by atoms with Crippen molar-refractivity contribution in [2.75, 3.05) is 7.11 Å². The van der Waals surface area contributed by atoms with Crippen molar-refractivity contribution < 1.29 is 24.5 Å².